The molecule has 1 N–H and O–H groups in total. The van der Waals surface area contributed by atoms with E-state index in [1.165, 1.54) is 4.91 Å². The molecule has 1 aliphatic heterocycles. The zero-order valence-corrected chi connectivity index (χ0v) is 12.3. The van der Waals surface area contributed by atoms with Crippen LogP contribution in [0.3, 0.4) is 0 Å². The fourth-order valence-electron chi connectivity index (χ4n) is 2.16. The Morgan fingerprint density at radius 1 is 1.37 bits per heavy atom. The van der Waals surface area contributed by atoms with Gasteiger partial charge in [-0.3, -0.25) is 4.79 Å². The van der Waals surface area contributed by atoms with Crippen molar-refractivity contribution >= 4 is 17.5 Å². The molecule has 3 nitrogen and oxygen atoms in total. The fraction of sp³-hybridized carbons (Fsp3) is 0.400. The lowest BCUT2D eigenvalue weighted by Crippen LogP contribution is -2.39. The summed E-state index contributed by atoms with van der Waals surface area (Å²) in [6, 6.07) is 9.29. The van der Waals surface area contributed by atoms with Crippen LogP contribution in [0.1, 0.15) is 31.1 Å². The summed E-state index contributed by atoms with van der Waals surface area (Å²) in [7, 11) is 0. The second kappa shape index (κ2) is 5.80. The predicted octanol–water partition coefficient (Wildman–Crippen LogP) is 2.88. The van der Waals surface area contributed by atoms with Crippen molar-refractivity contribution in [1.29, 1.82) is 0 Å². The molecule has 1 aliphatic rings. The molecule has 0 radical (unpaired) electrons. The summed E-state index contributed by atoms with van der Waals surface area (Å²) in [6.45, 7) is 6.12. The van der Waals surface area contributed by atoms with Crippen molar-refractivity contribution < 1.29 is 9.90 Å². The van der Waals surface area contributed by atoms with Crippen LogP contribution in [0.5, 0.6) is 0 Å². The molecule has 2 unspecified atom stereocenters. The molecule has 0 amide bonds. The first-order valence-corrected chi connectivity index (χ1v) is 7.25. The molecule has 0 aliphatic carbocycles. The SMILES string of the molecule is CC1=C(C)N(CC(=O)c2ccccc2)C(C(C)O)S1. The van der Waals surface area contributed by atoms with Crippen LogP contribution in [0.4, 0.5) is 0 Å². The van der Waals surface area contributed by atoms with E-state index in [1.54, 1.807) is 18.7 Å². The van der Waals surface area contributed by atoms with Crippen LogP contribution >= 0.6 is 11.8 Å². The molecule has 102 valence electrons. The van der Waals surface area contributed by atoms with Crippen molar-refractivity contribution in [2.24, 2.45) is 0 Å². The maximum Gasteiger partial charge on any atom is 0.182 e. The molecule has 0 bridgehead atoms. The van der Waals surface area contributed by atoms with Crippen LogP contribution in [0, 0.1) is 0 Å². The highest BCUT2D eigenvalue weighted by Gasteiger charge is 2.32. The third-order valence-corrected chi connectivity index (χ3v) is 4.91. The lowest BCUT2D eigenvalue weighted by atomic mass is 10.1. The topological polar surface area (TPSA) is 40.5 Å². The molecule has 0 saturated heterocycles. The Morgan fingerprint density at radius 3 is 2.58 bits per heavy atom. The van der Waals surface area contributed by atoms with Gasteiger partial charge in [-0.1, -0.05) is 30.3 Å². The molecule has 0 saturated carbocycles. The van der Waals surface area contributed by atoms with Crippen molar-refractivity contribution in [3.63, 3.8) is 0 Å². The molecular formula is C15H19NO2S. The summed E-state index contributed by atoms with van der Waals surface area (Å²) in [4.78, 5) is 15.4. The van der Waals surface area contributed by atoms with E-state index in [9.17, 15) is 9.90 Å². The lowest BCUT2D eigenvalue weighted by molar-refractivity contribution is 0.0885. The van der Waals surface area contributed by atoms with Gasteiger partial charge in [-0.2, -0.15) is 0 Å². The average molecular weight is 277 g/mol. The van der Waals surface area contributed by atoms with Gasteiger partial charge in [-0.25, -0.2) is 0 Å². The molecule has 0 spiro atoms. The number of benzene rings is 1. The zero-order chi connectivity index (χ0) is 14.0. The molecule has 1 aromatic carbocycles. The quantitative estimate of drug-likeness (QED) is 0.859. The van der Waals surface area contributed by atoms with Crippen LogP contribution in [0.25, 0.3) is 0 Å². The zero-order valence-electron chi connectivity index (χ0n) is 11.5. The van der Waals surface area contributed by atoms with Gasteiger partial charge in [0, 0.05) is 16.2 Å². The van der Waals surface area contributed by atoms with Crippen LogP contribution in [0.2, 0.25) is 0 Å². The monoisotopic (exact) mass is 277 g/mol. The standard InChI is InChI=1S/C15H19NO2S/c1-10-12(3)19-15(11(2)17)16(10)9-14(18)13-7-5-4-6-8-13/h4-8,11,15,17H,9H2,1-3H3. The average Bonchev–Trinajstić information content (AvgIpc) is 2.68. The smallest absolute Gasteiger partial charge is 0.182 e. The second-order valence-corrected chi connectivity index (χ2v) is 6.14. The number of hydrogen-bond donors (Lipinski definition) is 1. The van der Waals surface area contributed by atoms with E-state index < -0.39 is 6.10 Å². The van der Waals surface area contributed by atoms with E-state index in [0.29, 0.717) is 12.1 Å². The normalized spacial score (nSPS) is 20.8. The first-order valence-electron chi connectivity index (χ1n) is 6.38. The number of ketones is 1. The van der Waals surface area contributed by atoms with E-state index in [2.05, 4.69) is 0 Å². The minimum Gasteiger partial charge on any atom is -0.390 e. The maximum absolute atomic E-state index is 12.3. The number of rotatable bonds is 4. The largest absolute Gasteiger partial charge is 0.390 e. The second-order valence-electron chi connectivity index (χ2n) is 4.81. The van der Waals surface area contributed by atoms with Gasteiger partial charge in [0.1, 0.15) is 5.37 Å². The molecule has 2 rings (SSSR count). The summed E-state index contributed by atoms with van der Waals surface area (Å²) < 4.78 is 0. The first-order chi connectivity index (χ1) is 9.00. The van der Waals surface area contributed by atoms with Gasteiger partial charge in [0.25, 0.3) is 0 Å². The number of thioether (sulfide) groups is 1. The lowest BCUT2D eigenvalue weighted by Gasteiger charge is -2.28. The summed E-state index contributed by atoms with van der Waals surface area (Å²) in [5.41, 5.74) is 1.80. The van der Waals surface area contributed by atoms with Crippen LogP contribution in [-0.2, 0) is 0 Å². The van der Waals surface area contributed by atoms with E-state index in [-0.39, 0.29) is 11.2 Å². The molecule has 1 heterocycles. The minimum absolute atomic E-state index is 0.0623. The van der Waals surface area contributed by atoms with Gasteiger partial charge in [0.05, 0.1) is 12.6 Å². The molecule has 4 heteroatoms. The van der Waals surface area contributed by atoms with Gasteiger partial charge in [0.15, 0.2) is 5.78 Å². The Morgan fingerprint density at radius 2 is 2.00 bits per heavy atom. The predicted molar refractivity (Wildman–Crippen MR) is 78.9 cm³/mol. The fourth-order valence-corrected chi connectivity index (χ4v) is 3.37. The summed E-state index contributed by atoms with van der Waals surface area (Å²) in [5.74, 6) is 0.0842. The molecule has 0 fully saturated rings. The Kier molecular flexibility index (Phi) is 4.32. The van der Waals surface area contributed by atoms with Crippen LogP contribution < -0.4 is 0 Å². The van der Waals surface area contributed by atoms with Gasteiger partial charge in [-0.05, 0) is 20.8 Å². The Bertz CT molecular complexity index is 496. The summed E-state index contributed by atoms with van der Waals surface area (Å²) >= 11 is 1.63. The van der Waals surface area contributed by atoms with Crippen molar-refractivity contribution in [2.45, 2.75) is 32.2 Å². The van der Waals surface area contributed by atoms with Crippen LogP contribution in [-0.4, -0.2) is 33.8 Å². The van der Waals surface area contributed by atoms with E-state index in [1.807, 2.05) is 49.1 Å². The van der Waals surface area contributed by atoms with Crippen molar-refractivity contribution in [2.75, 3.05) is 6.54 Å². The third kappa shape index (κ3) is 3.01. The third-order valence-electron chi connectivity index (χ3n) is 3.37. The minimum atomic E-state index is -0.471. The number of nitrogens with zero attached hydrogens (tertiary/aromatic N) is 1. The molecule has 2 atom stereocenters. The van der Waals surface area contributed by atoms with Crippen molar-refractivity contribution in [3.8, 4) is 0 Å². The van der Waals surface area contributed by atoms with Crippen molar-refractivity contribution in [3.05, 3.63) is 46.5 Å². The summed E-state index contributed by atoms with van der Waals surface area (Å²) in [6.07, 6.45) is -0.471. The Hall–Kier alpha value is -1.26. The highest BCUT2D eigenvalue weighted by Crippen LogP contribution is 2.38. The van der Waals surface area contributed by atoms with E-state index in [0.717, 1.165) is 5.70 Å². The first kappa shape index (κ1) is 14.2. The number of carbonyl (C=O) groups excluding carboxylic acids is 1. The number of carbonyl (C=O) groups is 1. The maximum atomic E-state index is 12.3. The molecule has 0 aromatic heterocycles. The molecule has 1 aromatic rings. The van der Waals surface area contributed by atoms with Crippen molar-refractivity contribution in [1.82, 2.24) is 4.90 Å². The molecular weight excluding hydrogens is 258 g/mol. The van der Waals surface area contributed by atoms with Gasteiger partial charge in [-0.15, -0.1) is 11.8 Å². The Balaban J connectivity index is 2.15. The van der Waals surface area contributed by atoms with Gasteiger partial charge in [0.2, 0.25) is 0 Å². The number of Topliss-reactive ketones (excluding diaryl/α,β-unsaturated/α-hetero) is 1. The highest BCUT2D eigenvalue weighted by molar-refractivity contribution is 8.03. The van der Waals surface area contributed by atoms with Crippen LogP contribution in [0.15, 0.2) is 40.9 Å². The van der Waals surface area contributed by atoms with E-state index >= 15 is 0 Å². The Labute approximate surface area is 118 Å². The van der Waals surface area contributed by atoms with Gasteiger partial charge < -0.3 is 10.0 Å². The highest BCUT2D eigenvalue weighted by atomic mass is 32.2. The number of aliphatic hydroxyl groups is 1. The number of aliphatic hydroxyl groups excluding tert-OH is 1. The number of allylic oxidation sites excluding steroid dienone is 2. The van der Waals surface area contributed by atoms with Gasteiger partial charge >= 0.3 is 0 Å². The molecule has 19 heavy (non-hydrogen) atoms. The van der Waals surface area contributed by atoms with E-state index in [4.69, 9.17) is 0 Å². The summed E-state index contributed by atoms with van der Waals surface area (Å²) in [5, 5.41) is 9.78. The number of hydrogen-bond acceptors (Lipinski definition) is 4.